The second-order valence-corrected chi connectivity index (χ2v) is 6.01. The van der Waals surface area contributed by atoms with Crippen molar-refractivity contribution in [3.8, 4) is 5.69 Å². The van der Waals surface area contributed by atoms with Crippen LogP contribution in [0.25, 0.3) is 5.69 Å². The van der Waals surface area contributed by atoms with Crippen LogP contribution in [-0.4, -0.2) is 64.0 Å². The maximum atomic E-state index is 9.18. The molecule has 0 saturated carbocycles. The average Bonchev–Trinajstić information content (AvgIpc) is 3.00. The number of rotatable bonds is 5. The summed E-state index contributed by atoms with van der Waals surface area (Å²) >= 11 is 0. The lowest BCUT2D eigenvalue weighted by molar-refractivity contribution is 0.0743. The van der Waals surface area contributed by atoms with Crippen LogP contribution in [0.5, 0.6) is 0 Å². The number of aromatic nitrogens is 2. The lowest BCUT2D eigenvalue weighted by Crippen LogP contribution is -2.51. The normalized spacial score (nSPS) is 20.4. The lowest BCUT2D eigenvalue weighted by atomic mass is 10.1. The molecule has 1 N–H and O–H groups in total. The Labute approximate surface area is 131 Å². The van der Waals surface area contributed by atoms with Crippen LogP contribution in [0.2, 0.25) is 0 Å². The third-order valence-electron chi connectivity index (χ3n) is 4.39. The summed E-state index contributed by atoms with van der Waals surface area (Å²) in [5.74, 6) is 0. The first-order valence-electron chi connectivity index (χ1n) is 7.88. The third-order valence-corrected chi connectivity index (χ3v) is 4.39. The summed E-state index contributed by atoms with van der Waals surface area (Å²) in [7, 11) is 2.14. The van der Waals surface area contributed by atoms with Crippen LogP contribution in [0.15, 0.2) is 42.7 Å². The van der Waals surface area contributed by atoms with Gasteiger partial charge in [0, 0.05) is 50.6 Å². The van der Waals surface area contributed by atoms with E-state index in [1.165, 1.54) is 5.56 Å². The summed E-state index contributed by atoms with van der Waals surface area (Å²) in [6.07, 6.45) is 4.90. The van der Waals surface area contributed by atoms with Crippen LogP contribution in [0.3, 0.4) is 0 Å². The van der Waals surface area contributed by atoms with Crippen molar-refractivity contribution in [2.75, 3.05) is 33.3 Å². The molecule has 0 amide bonds. The monoisotopic (exact) mass is 300 g/mol. The second-order valence-electron chi connectivity index (χ2n) is 6.01. The highest BCUT2D eigenvalue weighted by Crippen LogP contribution is 2.15. The number of hydrogen-bond donors (Lipinski definition) is 1. The molecule has 1 fully saturated rings. The van der Waals surface area contributed by atoms with Gasteiger partial charge in [0.15, 0.2) is 0 Å². The first-order valence-corrected chi connectivity index (χ1v) is 7.88. The Morgan fingerprint density at radius 1 is 1.23 bits per heavy atom. The van der Waals surface area contributed by atoms with Crippen molar-refractivity contribution in [3.63, 3.8) is 0 Å². The molecular formula is C17H24N4O. The number of aliphatic hydroxyl groups excluding tert-OH is 1. The molecular weight excluding hydrogens is 276 g/mol. The number of aliphatic hydroxyl groups is 1. The molecule has 0 bridgehead atoms. The van der Waals surface area contributed by atoms with E-state index in [0.717, 1.165) is 38.3 Å². The minimum Gasteiger partial charge on any atom is -0.396 e. The highest BCUT2D eigenvalue weighted by atomic mass is 16.3. The molecule has 1 aliphatic heterocycles. The predicted octanol–water partition coefficient (Wildman–Crippen LogP) is 1.37. The van der Waals surface area contributed by atoms with Crippen molar-refractivity contribution < 1.29 is 5.11 Å². The van der Waals surface area contributed by atoms with Crippen LogP contribution in [0.1, 0.15) is 12.0 Å². The SMILES string of the molecule is CN1CCN(Cc2cnn(-c3ccccc3)c2)CC1CCO. The van der Waals surface area contributed by atoms with Gasteiger partial charge in [-0.1, -0.05) is 18.2 Å². The summed E-state index contributed by atoms with van der Waals surface area (Å²) in [5, 5.41) is 13.6. The van der Waals surface area contributed by atoms with Gasteiger partial charge < -0.3 is 10.0 Å². The Bertz CT molecular complexity index is 583. The maximum absolute atomic E-state index is 9.18. The van der Waals surface area contributed by atoms with E-state index in [4.69, 9.17) is 0 Å². The van der Waals surface area contributed by atoms with Gasteiger partial charge in [0.2, 0.25) is 0 Å². The van der Waals surface area contributed by atoms with Crippen LogP contribution in [-0.2, 0) is 6.54 Å². The molecule has 0 aliphatic carbocycles. The van der Waals surface area contributed by atoms with E-state index in [1.54, 1.807) is 0 Å². The van der Waals surface area contributed by atoms with Crippen molar-refractivity contribution in [1.82, 2.24) is 19.6 Å². The zero-order chi connectivity index (χ0) is 15.4. The second kappa shape index (κ2) is 7.05. The van der Waals surface area contributed by atoms with Gasteiger partial charge in [-0.2, -0.15) is 5.10 Å². The standard InChI is InChI=1S/C17H24N4O/c1-19-8-9-20(14-17(19)7-10-22)12-15-11-18-21(13-15)16-5-3-2-4-6-16/h2-6,11,13,17,22H,7-10,12,14H2,1H3. The van der Waals surface area contributed by atoms with Crippen LogP contribution < -0.4 is 0 Å². The van der Waals surface area contributed by atoms with Crippen molar-refractivity contribution in [1.29, 1.82) is 0 Å². The average molecular weight is 300 g/mol. The predicted molar refractivity (Wildman–Crippen MR) is 87.0 cm³/mol. The van der Waals surface area contributed by atoms with Crippen molar-refractivity contribution in [3.05, 3.63) is 48.3 Å². The van der Waals surface area contributed by atoms with Gasteiger partial charge in [-0.05, 0) is 25.6 Å². The summed E-state index contributed by atoms with van der Waals surface area (Å²) < 4.78 is 1.93. The molecule has 5 heteroatoms. The van der Waals surface area contributed by atoms with Crippen molar-refractivity contribution in [2.45, 2.75) is 19.0 Å². The Kier molecular flexibility index (Phi) is 4.87. The zero-order valence-electron chi connectivity index (χ0n) is 13.1. The zero-order valence-corrected chi connectivity index (χ0v) is 13.1. The van der Waals surface area contributed by atoms with Gasteiger partial charge in [0.1, 0.15) is 0 Å². The van der Waals surface area contributed by atoms with E-state index in [9.17, 15) is 5.11 Å². The largest absolute Gasteiger partial charge is 0.396 e. The number of likely N-dealkylation sites (N-methyl/N-ethyl adjacent to an activating group) is 1. The van der Waals surface area contributed by atoms with Gasteiger partial charge in [0.05, 0.1) is 11.9 Å². The molecule has 1 aromatic carbocycles. The molecule has 1 saturated heterocycles. The molecule has 2 heterocycles. The molecule has 0 spiro atoms. The minimum absolute atomic E-state index is 0.259. The number of para-hydroxylation sites is 1. The Morgan fingerprint density at radius 3 is 2.82 bits per heavy atom. The van der Waals surface area contributed by atoms with E-state index in [0.29, 0.717) is 6.04 Å². The molecule has 1 aromatic heterocycles. The van der Waals surface area contributed by atoms with Gasteiger partial charge in [-0.25, -0.2) is 4.68 Å². The molecule has 22 heavy (non-hydrogen) atoms. The first kappa shape index (κ1) is 15.2. The molecule has 1 unspecified atom stereocenters. The van der Waals surface area contributed by atoms with E-state index < -0.39 is 0 Å². The molecule has 1 aliphatic rings. The Morgan fingerprint density at radius 2 is 2.05 bits per heavy atom. The Hall–Kier alpha value is -1.69. The van der Waals surface area contributed by atoms with Gasteiger partial charge in [-0.3, -0.25) is 4.90 Å². The number of hydrogen-bond acceptors (Lipinski definition) is 4. The lowest BCUT2D eigenvalue weighted by Gasteiger charge is -2.39. The van der Waals surface area contributed by atoms with Crippen molar-refractivity contribution in [2.24, 2.45) is 0 Å². The summed E-state index contributed by atoms with van der Waals surface area (Å²) in [5.41, 5.74) is 2.32. The summed E-state index contributed by atoms with van der Waals surface area (Å²) in [6.45, 7) is 4.30. The first-order chi connectivity index (χ1) is 10.8. The molecule has 0 radical (unpaired) electrons. The fraction of sp³-hybridized carbons (Fsp3) is 0.471. The van der Waals surface area contributed by atoms with Crippen LogP contribution >= 0.6 is 0 Å². The summed E-state index contributed by atoms with van der Waals surface area (Å²) in [6, 6.07) is 10.6. The van der Waals surface area contributed by atoms with E-state index in [-0.39, 0.29) is 6.61 Å². The number of benzene rings is 1. The Balaban J connectivity index is 1.63. The minimum atomic E-state index is 0.259. The van der Waals surface area contributed by atoms with E-state index in [2.05, 4.69) is 40.3 Å². The highest BCUT2D eigenvalue weighted by Gasteiger charge is 2.23. The van der Waals surface area contributed by atoms with Crippen LogP contribution in [0, 0.1) is 0 Å². The quantitative estimate of drug-likeness (QED) is 0.906. The fourth-order valence-electron chi connectivity index (χ4n) is 3.04. The summed E-state index contributed by atoms with van der Waals surface area (Å²) in [4.78, 5) is 4.80. The van der Waals surface area contributed by atoms with Gasteiger partial charge >= 0.3 is 0 Å². The third kappa shape index (κ3) is 3.55. The van der Waals surface area contributed by atoms with E-state index >= 15 is 0 Å². The number of nitrogens with zero attached hydrogens (tertiary/aromatic N) is 4. The molecule has 5 nitrogen and oxygen atoms in total. The maximum Gasteiger partial charge on any atom is 0.0645 e. The highest BCUT2D eigenvalue weighted by molar-refractivity contribution is 5.30. The molecule has 2 aromatic rings. The van der Waals surface area contributed by atoms with Crippen molar-refractivity contribution >= 4 is 0 Å². The number of piperazine rings is 1. The van der Waals surface area contributed by atoms with Gasteiger partial charge in [-0.15, -0.1) is 0 Å². The van der Waals surface area contributed by atoms with Gasteiger partial charge in [0.25, 0.3) is 0 Å². The molecule has 1 atom stereocenters. The van der Waals surface area contributed by atoms with Crippen LogP contribution in [0.4, 0.5) is 0 Å². The smallest absolute Gasteiger partial charge is 0.0645 e. The molecule has 118 valence electrons. The topological polar surface area (TPSA) is 44.5 Å². The molecule has 3 rings (SSSR count). The van der Waals surface area contributed by atoms with E-state index in [1.807, 2.05) is 29.1 Å². The fourth-order valence-corrected chi connectivity index (χ4v) is 3.04.